The molecule has 2 N–H and O–H groups in total. The third kappa shape index (κ3) is 22.6. The van der Waals surface area contributed by atoms with Gasteiger partial charge in [-0.2, -0.15) is 0 Å². The number of nitrogens with zero attached hydrogens (tertiary/aromatic N) is 1. The Morgan fingerprint density at radius 2 is 1.41 bits per heavy atom. The van der Waals surface area contributed by atoms with E-state index in [9.17, 15) is 18.9 Å². The lowest BCUT2D eigenvalue weighted by atomic mass is 10.0. The van der Waals surface area contributed by atoms with Crippen molar-refractivity contribution in [2.45, 2.75) is 123 Å². The van der Waals surface area contributed by atoms with Gasteiger partial charge in [-0.1, -0.05) is 101 Å². The molecule has 12 nitrogen and oxygen atoms in total. The third-order valence-electron chi connectivity index (χ3n) is 6.94. The van der Waals surface area contributed by atoms with Crippen LogP contribution in [0.4, 0.5) is 4.79 Å². The summed E-state index contributed by atoms with van der Waals surface area (Å²) in [4.78, 5) is 37.1. The minimum absolute atomic E-state index is 0.0799. The molecule has 0 saturated carbocycles. The van der Waals surface area contributed by atoms with Crippen molar-refractivity contribution in [1.29, 1.82) is 0 Å². The van der Waals surface area contributed by atoms with Crippen molar-refractivity contribution in [1.82, 2.24) is 9.55 Å². The van der Waals surface area contributed by atoms with Gasteiger partial charge in [-0.15, -0.1) is 0 Å². The van der Waals surface area contributed by atoms with E-state index < -0.39 is 31.8 Å². The lowest BCUT2D eigenvalue weighted by Gasteiger charge is -2.17. The molecule has 0 saturated heterocycles. The number of ether oxygens (including phenoxy) is 3. The number of nitrogens with one attached hydrogen (secondary N) is 1. The fourth-order valence-electron chi connectivity index (χ4n) is 4.43. The number of hydrogen-bond donors (Lipinski definition) is 2. The molecule has 1 aromatic heterocycles. The van der Waals surface area contributed by atoms with Gasteiger partial charge in [0.05, 0.1) is 18.9 Å². The van der Waals surface area contributed by atoms with Gasteiger partial charge in [0.2, 0.25) is 6.79 Å². The van der Waals surface area contributed by atoms with Gasteiger partial charge in [-0.25, -0.2) is 9.59 Å². The van der Waals surface area contributed by atoms with Crippen molar-refractivity contribution < 1.29 is 37.7 Å². The first-order valence-corrected chi connectivity index (χ1v) is 18.8. The number of halogens is 1. The normalized spacial score (nSPS) is 13.0. The molecule has 0 aliphatic carbocycles. The van der Waals surface area contributed by atoms with E-state index in [0.29, 0.717) is 13.0 Å². The van der Waals surface area contributed by atoms with Crippen LogP contribution in [-0.2, 0) is 34.4 Å². The maximum absolute atomic E-state index is 13.3. The molecule has 1 heterocycles. The Morgan fingerprint density at radius 3 is 1.98 bits per heavy atom. The average Bonchev–Trinajstić information content (AvgIpc) is 3.00. The van der Waals surface area contributed by atoms with E-state index in [-0.39, 0.29) is 37.0 Å². The number of H-pyrrole nitrogens is 1. The Bertz CT molecular complexity index is 1120. The predicted octanol–water partition coefficient (Wildman–Crippen LogP) is 7.35. The smallest absolute Gasteiger partial charge is 0.432 e. The summed E-state index contributed by atoms with van der Waals surface area (Å²) < 4.78 is 40.7. The maximum Gasteiger partial charge on any atom is 0.510 e. The van der Waals surface area contributed by atoms with Crippen LogP contribution < -0.4 is 11.2 Å². The summed E-state index contributed by atoms with van der Waals surface area (Å²) in [6.45, 7) is 4.73. The number of carbonyl (C=O) groups is 1. The monoisotopic (exact) mass is 694 g/mol. The van der Waals surface area contributed by atoms with Gasteiger partial charge >= 0.3 is 19.4 Å². The van der Waals surface area contributed by atoms with Crippen LogP contribution in [0.25, 0.3) is 0 Å². The van der Waals surface area contributed by atoms with E-state index in [1.807, 2.05) is 0 Å². The number of rotatable bonds is 29. The number of unbranched alkanes of at least 4 members (excludes halogenated alkanes) is 13. The molecule has 1 atom stereocenters. The zero-order valence-corrected chi connectivity index (χ0v) is 29.4. The Hall–Kier alpha value is -1.95. The second kappa shape index (κ2) is 27.0. The molecule has 1 unspecified atom stereocenters. The molecular weight excluding hydrogens is 639 g/mol. The molecular formula is C32H56ClN2O10P. The average molecular weight is 695 g/mol. The van der Waals surface area contributed by atoms with Crippen LogP contribution in [0.5, 0.6) is 0 Å². The molecule has 0 amide bonds. The SMILES string of the molecule is CC(C)OC(=O)OCOP(=O)(C/C=C\Cn1cc(Cl)c(=O)[nH]c1=O)OCCCCCCCCCCCCCCCCOCCCO. The minimum atomic E-state index is -3.66. The summed E-state index contributed by atoms with van der Waals surface area (Å²) in [6, 6.07) is 0. The van der Waals surface area contributed by atoms with Gasteiger partial charge in [0.25, 0.3) is 5.56 Å². The number of carbonyl (C=O) groups excluding carboxylic acids is 1. The Morgan fingerprint density at radius 1 is 0.870 bits per heavy atom. The minimum Gasteiger partial charge on any atom is -0.432 e. The molecule has 46 heavy (non-hydrogen) atoms. The van der Waals surface area contributed by atoms with Crippen molar-refractivity contribution in [3.63, 3.8) is 0 Å². The fourth-order valence-corrected chi connectivity index (χ4v) is 5.91. The molecule has 266 valence electrons. The Labute approximate surface area is 278 Å². The van der Waals surface area contributed by atoms with Gasteiger partial charge in [0.1, 0.15) is 5.02 Å². The summed E-state index contributed by atoms with van der Waals surface area (Å²) in [7, 11) is -3.66. The van der Waals surface area contributed by atoms with E-state index in [2.05, 4.69) is 4.98 Å². The zero-order valence-electron chi connectivity index (χ0n) is 27.8. The van der Waals surface area contributed by atoms with Crippen molar-refractivity contribution in [3.05, 3.63) is 44.2 Å². The summed E-state index contributed by atoms with van der Waals surface area (Å²) in [5.74, 6) is 0. The number of aliphatic hydroxyl groups excluding tert-OH is 1. The van der Waals surface area contributed by atoms with Crippen LogP contribution in [0.1, 0.15) is 110 Å². The maximum atomic E-state index is 13.3. The number of hydrogen-bond acceptors (Lipinski definition) is 10. The van der Waals surface area contributed by atoms with E-state index in [0.717, 1.165) is 38.7 Å². The summed E-state index contributed by atoms with van der Waals surface area (Å²) in [5.41, 5.74) is -1.29. The van der Waals surface area contributed by atoms with E-state index in [1.165, 1.54) is 74.6 Å². The van der Waals surface area contributed by atoms with Gasteiger partial charge in [0, 0.05) is 32.6 Å². The van der Waals surface area contributed by atoms with Gasteiger partial charge < -0.3 is 23.8 Å². The van der Waals surface area contributed by atoms with Crippen LogP contribution in [0.2, 0.25) is 5.02 Å². The van der Waals surface area contributed by atoms with Crippen LogP contribution in [0.3, 0.4) is 0 Å². The summed E-state index contributed by atoms with van der Waals surface area (Å²) in [6.07, 6.45) is 20.0. The predicted molar refractivity (Wildman–Crippen MR) is 180 cm³/mol. The van der Waals surface area contributed by atoms with Gasteiger partial charge in [-0.3, -0.25) is 23.4 Å². The highest BCUT2D eigenvalue weighted by Crippen LogP contribution is 2.48. The highest BCUT2D eigenvalue weighted by molar-refractivity contribution is 7.54. The summed E-state index contributed by atoms with van der Waals surface area (Å²) >= 11 is 5.78. The number of allylic oxidation sites excluding steroid dienone is 2. The zero-order chi connectivity index (χ0) is 33.9. The molecule has 0 aromatic carbocycles. The molecule has 0 radical (unpaired) electrons. The molecule has 0 fully saturated rings. The molecule has 0 spiro atoms. The topological polar surface area (TPSA) is 155 Å². The Balaban J connectivity index is 2.23. The largest absolute Gasteiger partial charge is 0.510 e. The van der Waals surface area contributed by atoms with Crippen LogP contribution in [0, 0.1) is 0 Å². The number of aromatic nitrogens is 2. The van der Waals surface area contributed by atoms with Crippen LogP contribution >= 0.6 is 19.2 Å². The second-order valence-electron chi connectivity index (χ2n) is 11.4. The summed E-state index contributed by atoms with van der Waals surface area (Å²) in [5, 5.41) is 8.60. The lowest BCUT2D eigenvalue weighted by molar-refractivity contribution is -0.0127. The second-order valence-corrected chi connectivity index (χ2v) is 13.9. The van der Waals surface area contributed by atoms with Crippen molar-refractivity contribution >= 4 is 25.4 Å². The first kappa shape index (κ1) is 42.1. The van der Waals surface area contributed by atoms with Gasteiger partial charge in [-0.05, 0) is 33.1 Å². The molecule has 14 heteroatoms. The third-order valence-corrected chi connectivity index (χ3v) is 8.94. The van der Waals surface area contributed by atoms with Crippen molar-refractivity contribution in [2.24, 2.45) is 0 Å². The molecule has 1 aromatic rings. The molecule has 1 rings (SSSR count). The van der Waals surface area contributed by atoms with Crippen LogP contribution in [0.15, 0.2) is 27.9 Å². The van der Waals surface area contributed by atoms with Gasteiger partial charge in [0.15, 0.2) is 0 Å². The van der Waals surface area contributed by atoms with Crippen LogP contribution in [-0.4, -0.2) is 66.3 Å². The van der Waals surface area contributed by atoms with Crippen molar-refractivity contribution in [3.8, 4) is 0 Å². The highest BCUT2D eigenvalue weighted by atomic mass is 35.5. The number of aromatic amines is 1. The highest BCUT2D eigenvalue weighted by Gasteiger charge is 2.24. The Kier molecular flexibility index (Phi) is 24.7. The van der Waals surface area contributed by atoms with Crippen molar-refractivity contribution in [2.75, 3.05) is 39.4 Å². The molecule has 0 bridgehead atoms. The lowest BCUT2D eigenvalue weighted by Crippen LogP contribution is -2.29. The van der Waals surface area contributed by atoms with E-state index in [4.69, 9.17) is 40.0 Å². The van der Waals surface area contributed by atoms with E-state index >= 15 is 0 Å². The molecule has 0 aliphatic heterocycles. The standard InChI is InChI=1S/C32H56ClN2O10P/c1-28(2)45-32(39)42-27-44-46(40,25-18-15-20-35-26-29(33)30(37)34-31(35)38)43-24-17-14-12-10-8-6-4-3-5-7-9-11-13-16-22-41-23-19-21-36/h15,18,26,28,36H,3-14,16-17,19-25,27H2,1-2H3,(H,34,37,38)/b18-15-. The quantitative estimate of drug-likeness (QED) is 0.0286. The fraction of sp³-hybridized carbons (Fsp3) is 0.781. The number of aliphatic hydroxyl groups is 1. The molecule has 0 aliphatic rings. The van der Waals surface area contributed by atoms with E-state index in [1.54, 1.807) is 19.9 Å². The first-order chi connectivity index (χ1) is 22.2. The first-order valence-electron chi connectivity index (χ1n) is 16.7.